The van der Waals surface area contributed by atoms with Gasteiger partial charge in [0.15, 0.2) is 0 Å². The summed E-state index contributed by atoms with van der Waals surface area (Å²) in [6.07, 6.45) is 0. The predicted octanol–water partition coefficient (Wildman–Crippen LogP) is 11.8. The zero-order valence-electron chi connectivity index (χ0n) is 21.5. The van der Waals surface area contributed by atoms with Gasteiger partial charge >= 0.3 is 0 Å². The van der Waals surface area contributed by atoms with Crippen molar-refractivity contribution in [2.75, 3.05) is 0 Å². The van der Waals surface area contributed by atoms with Crippen LogP contribution in [0.1, 0.15) is 22.3 Å². The van der Waals surface area contributed by atoms with E-state index in [9.17, 15) is 0 Å². The van der Waals surface area contributed by atoms with Crippen LogP contribution in [0.4, 0.5) is 0 Å². The Balaban J connectivity index is 1.45. The Hall–Kier alpha value is -3.70. The maximum Gasteiger partial charge on any atom is 0.143 e. The van der Waals surface area contributed by atoms with Crippen LogP contribution in [0.2, 0.25) is 0 Å². The van der Waals surface area contributed by atoms with Gasteiger partial charge in [0.05, 0.1) is 5.41 Å². The number of thiophene rings is 1. The van der Waals surface area contributed by atoms with E-state index in [4.69, 9.17) is 4.42 Å². The SMILES string of the molecule is Brc1ccc2c(c1)C1(c3ccccc3-c3c1ccc1c3oc3ccccc31)c1cc(Br)c3c(sc4ccccc43)c1-2. The first-order chi connectivity index (χ1) is 20.2. The lowest BCUT2D eigenvalue weighted by Crippen LogP contribution is -2.25. The molecule has 2 heterocycles. The van der Waals surface area contributed by atoms with Crippen molar-refractivity contribution in [3.8, 4) is 22.3 Å². The van der Waals surface area contributed by atoms with Gasteiger partial charge in [-0.05, 0) is 63.7 Å². The lowest BCUT2D eigenvalue weighted by Gasteiger charge is -2.30. The molecular weight excluding hydrogens is 652 g/mol. The van der Waals surface area contributed by atoms with E-state index in [2.05, 4.69) is 141 Å². The van der Waals surface area contributed by atoms with Gasteiger partial charge in [-0.2, -0.15) is 0 Å². The molecule has 0 fully saturated rings. The molecule has 0 aliphatic heterocycles. The summed E-state index contributed by atoms with van der Waals surface area (Å²) in [6, 6.07) is 40.0. The maximum atomic E-state index is 6.67. The van der Waals surface area contributed by atoms with Gasteiger partial charge in [0.2, 0.25) is 0 Å². The van der Waals surface area contributed by atoms with E-state index in [0.717, 1.165) is 25.5 Å². The molecule has 8 aromatic rings. The number of halogens is 2. The van der Waals surface area contributed by atoms with Crippen molar-refractivity contribution in [3.05, 3.63) is 140 Å². The third-order valence-electron chi connectivity index (χ3n) is 9.21. The second-order valence-corrected chi connectivity index (χ2v) is 13.9. The fraction of sp³-hybridized carbons (Fsp3) is 0.0270. The smallest absolute Gasteiger partial charge is 0.143 e. The van der Waals surface area contributed by atoms with Crippen molar-refractivity contribution >= 4 is 85.3 Å². The average molecular weight is 670 g/mol. The number of rotatable bonds is 0. The zero-order chi connectivity index (χ0) is 27.0. The molecular formula is C37H18Br2OS. The molecule has 1 nitrogen and oxygen atoms in total. The highest BCUT2D eigenvalue weighted by Crippen LogP contribution is 2.66. The van der Waals surface area contributed by atoms with Crippen molar-refractivity contribution in [2.45, 2.75) is 5.41 Å². The van der Waals surface area contributed by atoms with E-state index >= 15 is 0 Å². The first-order valence-corrected chi connectivity index (χ1v) is 16.1. The van der Waals surface area contributed by atoms with Crippen molar-refractivity contribution in [1.82, 2.24) is 0 Å². The number of para-hydroxylation sites is 1. The molecule has 41 heavy (non-hydrogen) atoms. The minimum Gasteiger partial charge on any atom is -0.455 e. The molecule has 2 aromatic heterocycles. The molecule has 4 heteroatoms. The van der Waals surface area contributed by atoms with Crippen molar-refractivity contribution in [3.63, 3.8) is 0 Å². The highest BCUT2D eigenvalue weighted by molar-refractivity contribution is 9.11. The van der Waals surface area contributed by atoms with Crippen LogP contribution < -0.4 is 0 Å². The molecule has 0 amide bonds. The van der Waals surface area contributed by atoms with Crippen LogP contribution in [-0.4, -0.2) is 0 Å². The normalized spacial score (nSPS) is 16.6. The minimum atomic E-state index is -0.458. The molecule has 192 valence electrons. The third kappa shape index (κ3) is 2.64. The fourth-order valence-corrected chi connectivity index (χ4v) is 10.2. The average Bonchev–Trinajstić information content (AvgIpc) is 3.72. The van der Waals surface area contributed by atoms with E-state index in [0.29, 0.717) is 0 Å². The molecule has 1 atom stereocenters. The van der Waals surface area contributed by atoms with Gasteiger partial charge in [-0.3, -0.25) is 0 Å². The Morgan fingerprint density at radius 2 is 1.37 bits per heavy atom. The Bertz CT molecular complexity index is 2460. The maximum absolute atomic E-state index is 6.67. The zero-order valence-corrected chi connectivity index (χ0v) is 25.5. The lowest BCUT2D eigenvalue weighted by atomic mass is 9.70. The van der Waals surface area contributed by atoms with Crippen LogP contribution in [0, 0.1) is 0 Å². The molecule has 0 radical (unpaired) electrons. The molecule has 0 bridgehead atoms. The highest BCUT2D eigenvalue weighted by Gasteiger charge is 2.53. The van der Waals surface area contributed by atoms with Crippen molar-refractivity contribution in [2.24, 2.45) is 0 Å². The number of hydrogen-bond donors (Lipinski definition) is 0. The number of benzene rings is 6. The van der Waals surface area contributed by atoms with Crippen LogP contribution in [0.15, 0.2) is 123 Å². The topological polar surface area (TPSA) is 13.1 Å². The molecule has 1 unspecified atom stereocenters. The summed E-state index contributed by atoms with van der Waals surface area (Å²) in [5.74, 6) is 0. The first kappa shape index (κ1) is 22.9. The van der Waals surface area contributed by atoms with E-state index in [-0.39, 0.29) is 0 Å². The summed E-state index contributed by atoms with van der Waals surface area (Å²) < 4.78 is 11.6. The lowest BCUT2D eigenvalue weighted by molar-refractivity contribution is 0.669. The molecule has 6 aromatic carbocycles. The summed E-state index contributed by atoms with van der Waals surface area (Å²) in [6.45, 7) is 0. The fourth-order valence-electron chi connectivity index (χ4n) is 7.73. The monoisotopic (exact) mass is 668 g/mol. The third-order valence-corrected chi connectivity index (χ3v) is 11.5. The molecule has 0 saturated heterocycles. The van der Waals surface area contributed by atoms with Crippen LogP contribution in [-0.2, 0) is 5.41 Å². The Morgan fingerprint density at radius 3 is 2.29 bits per heavy atom. The van der Waals surface area contributed by atoms with Gasteiger partial charge in [0.25, 0.3) is 0 Å². The van der Waals surface area contributed by atoms with Crippen molar-refractivity contribution in [1.29, 1.82) is 0 Å². The first-order valence-electron chi connectivity index (χ1n) is 13.7. The van der Waals surface area contributed by atoms with Gasteiger partial charge in [-0.1, -0.05) is 111 Å². The summed E-state index contributed by atoms with van der Waals surface area (Å²) in [5.41, 5.74) is 11.8. The number of hydrogen-bond acceptors (Lipinski definition) is 2. The largest absolute Gasteiger partial charge is 0.455 e. The predicted molar refractivity (Wildman–Crippen MR) is 178 cm³/mol. The Morgan fingerprint density at radius 1 is 0.585 bits per heavy atom. The molecule has 2 aliphatic rings. The molecule has 0 saturated carbocycles. The van der Waals surface area contributed by atoms with Crippen LogP contribution >= 0.6 is 43.2 Å². The summed E-state index contributed by atoms with van der Waals surface area (Å²) >= 11 is 9.81. The van der Waals surface area contributed by atoms with E-state index < -0.39 is 5.41 Å². The van der Waals surface area contributed by atoms with E-state index in [1.165, 1.54) is 70.1 Å². The van der Waals surface area contributed by atoms with E-state index in [1.54, 1.807) is 0 Å². The van der Waals surface area contributed by atoms with Crippen molar-refractivity contribution < 1.29 is 4.42 Å². The summed E-state index contributed by atoms with van der Waals surface area (Å²) in [5, 5.41) is 4.93. The standard InChI is InChI=1S/C37H18Br2OS/c38-19-13-14-23-27(17-19)37(28-18-29(39)34-24-9-3-6-12-31(24)41-36(34)33(23)28)25-10-4-1-8-22(25)32-26(37)16-15-21-20-7-2-5-11-30(20)40-35(21)32/h1-18H. The van der Waals surface area contributed by atoms with Gasteiger partial charge in [0.1, 0.15) is 11.2 Å². The van der Waals surface area contributed by atoms with Gasteiger partial charge in [-0.15, -0.1) is 11.3 Å². The molecule has 0 N–H and O–H groups in total. The van der Waals surface area contributed by atoms with Crippen LogP contribution in [0.3, 0.4) is 0 Å². The Labute approximate surface area is 256 Å². The molecule has 2 aliphatic carbocycles. The van der Waals surface area contributed by atoms with E-state index in [1.807, 2.05) is 11.3 Å². The second-order valence-electron chi connectivity index (χ2n) is 11.0. The number of furan rings is 1. The quantitative estimate of drug-likeness (QED) is 0.157. The van der Waals surface area contributed by atoms with Crippen LogP contribution in [0.5, 0.6) is 0 Å². The molecule has 1 spiro atoms. The highest BCUT2D eigenvalue weighted by atomic mass is 79.9. The van der Waals surface area contributed by atoms with Gasteiger partial charge in [-0.25, -0.2) is 0 Å². The Kier molecular flexibility index (Phi) is 4.34. The number of fused-ring (bicyclic) bond motifs is 18. The van der Waals surface area contributed by atoms with Crippen LogP contribution in [0.25, 0.3) is 64.4 Å². The second kappa shape index (κ2) is 7.77. The minimum absolute atomic E-state index is 0.458. The van der Waals surface area contributed by atoms with Gasteiger partial charge < -0.3 is 4.42 Å². The summed E-state index contributed by atoms with van der Waals surface area (Å²) in [4.78, 5) is 0. The van der Waals surface area contributed by atoms with Gasteiger partial charge in [0, 0.05) is 51.0 Å². The molecule has 10 rings (SSSR count). The summed E-state index contributed by atoms with van der Waals surface area (Å²) in [7, 11) is 0.